The summed E-state index contributed by atoms with van der Waals surface area (Å²) < 4.78 is 1.09. The zero-order valence-corrected chi connectivity index (χ0v) is 14.5. The number of amides is 1. The summed E-state index contributed by atoms with van der Waals surface area (Å²) >= 11 is 0. The number of anilines is 1. The molecule has 3 rings (SSSR count). The van der Waals surface area contributed by atoms with Gasteiger partial charge >= 0.3 is 0 Å². The molecule has 1 amide bonds. The highest BCUT2D eigenvalue weighted by molar-refractivity contribution is 5.90. The fraction of sp³-hybridized carbons (Fsp3) is 0.105. The molecule has 0 saturated heterocycles. The smallest absolute Gasteiger partial charge is 0.269 e. The van der Waals surface area contributed by atoms with E-state index in [0.717, 1.165) is 15.8 Å². The normalized spacial score (nSPS) is 10.4. The fourth-order valence-corrected chi connectivity index (χ4v) is 2.57. The SMILES string of the molecule is Cc1ccccc1-c1ccc(=O)n(CC(=O)Nc2ccc([N+](=O)[O-])cc2)n1. The third-order valence-electron chi connectivity index (χ3n) is 3.94. The van der Waals surface area contributed by atoms with Gasteiger partial charge in [0.2, 0.25) is 5.91 Å². The monoisotopic (exact) mass is 364 g/mol. The average molecular weight is 364 g/mol. The third-order valence-corrected chi connectivity index (χ3v) is 3.94. The summed E-state index contributed by atoms with van der Waals surface area (Å²) in [5.74, 6) is -0.458. The first-order chi connectivity index (χ1) is 12.9. The summed E-state index contributed by atoms with van der Waals surface area (Å²) in [4.78, 5) is 34.4. The topological polar surface area (TPSA) is 107 Å². The van der Waals surface area contributed by atoms with Crippen molar-refractivity contribution < 1.29 is 9.72 Å². The maximum Gasteiger partial charge on any atom is 0.269 e. The summed E-state index contributed by atoms with van der Waals surface area (Å²) in [5.41, 5.74) is 2.40. The maximum absolute atomic E-state index is 12.2. The zero-order chi connectivity index (χ0) is 19.4. The van der Waals surface area contributed by atoms with Crippen LogP contribution in [-0.4, -0.2) is 20.6 Å². The van der Waals surface area contributed by atoms with E-state index in [4.69, 9.17) is 0 Å². The van der Waals surface area contributed by atoms with Crippen LogP contribution in [0.15, 0.2) is 65.5 Å². The van der Waals surface area contributed by atoms with E-state index < -0.39 is 16.4 Å². The highest BCUT2D eigenvalue weighted by atomic mass is 16.6. The molecule has 3 aromatic rings. The Balaban J connectivity index is 1.78. The minimum absolute atomic E-state index is 0.0724. The van der Waals surface area contributed by atoms with Crippen LogP contribution in [-0.2, 0) is 11.3 Å². The Morgan fingerprint density at radius 3 is 2.48 bits per heavy atom. The molecule has 8 nitrogen and oxygen atoms in total. The highest BCUT2D eigenvalue weighted by Crippen LogP contribution is 2.19. The van der Waals surface area contributed by atoms with Gasteiger partial charge in [-0.05, 0) is 30.7 Å². The molecule has 1 heterocycles. The van der Waals surface area contributed by atoms with E-state index in [2.05, 4.69) is 10.4 Å². The Labute approximate surface area is 154 Å². The predicted octanol–water partition coefficient (Wildman–Crippen LogP) is 2.77. The highest BCUT2D eigenvalue weighted by Gasteiger charge is 2.10. The number of hydrogen-bond acceptors (Lipinski definition) is 5. The van der Waals surface area contributed by atoms with E-state index in [1.54, 1.807) is 6.07 Å². The minimum Gasteiger partial charge on any atom is -0.324 e. The van der Waals surface area contributed by atoms with Crippen molar-refractivity contribution in [2.75, 3.05) is 5.32 Å². The van der Waals surface area contributed by atoms with Crippen molar-refractivity contribution in [3.63, 3.8) is 0 Å². The second-order valence-electron chi connectivity index (χ2n) is 5.88. The van der Waals surface area contributed by atoms with Gasteiger partial charge in [0.25, 0.3) is 11.2 Å². The second-order valence-corrected chi connectivity index (χ2v) is 5.88. The molecule has 0 fully saturated rings. The number of carbonyl (C=O) groups is 1. The van der Waals surface area contributed by atoms with E-state index in [-0.39, 0.29) is 12.2 Å². The Morgan fingerprint density at radius 1 is 1.11 bits per heavy atom. The quantitative estimate of drug-likeness (QED) is 0.553. The van der Waals surface area contributed by atoms with Gasteiger partial charge in [0, 0.05) is 29.4 Å². The number of nitrogens with one attached hydrogen (secondary N) is 1. The molecule has 0 bridgehead atoms. The molecular formula is C19H16N4O4. The lowest BCUT2D eigenvalue weighted by molar-refractivity contribution is -0.384. The summed E-state index contributed by atoms with van der Waals surface area (Å²) in [6.45, 7) is 1.67. The van der Waals surface area contributed by atoms with Crippen molar-refractivity contribution >= 4 is 17.3 Å². The number of benzene rings is 2. The molecule has 0 radical (unpaired) electrons. The van der Waals surface area contributed by atoms with Gasteiger partial charge in [-0.2, -0.15) is 5.10 Å². The minimum atomic E-state index is -0.522. The number of nitrogens with zero attached hydrogens (tertiary/aromatic N) is 3. The number of aryl methyl sites for hydroxylation is 1. The molecule has 0 aliphatic rings. The number of non-ortho nitro benzene ring substituents is 1. The van der Waals surface area contributed by atoms with E-state index in [1.807, 2.05) is 31.2 Å². The van der Waals surface area contributed by atoms with E-state index in [1.165, 1.54) is 30.3 Å². The molecular weight excluding hydrogens is 348 g/mol. The molecule has 136 valence electrons. The number of rotatable bonds is 5. The summed E-state index contributed by atoms with van der Waals surface area (Å²) in [6.07, 6.45) is 0. The zero-order valence-electron chi connectivity index (χ0n) is 14.5. The van der Waals surface area contributed by atoms with Gasteiger partial charge in [0.05, 0.1) is 10.6 Å². The molecule has 0 aliphatic heterocycles. The number of aromatic nitrogens is 2. The molecule has 0 spiro atoms. The van der Waals surface area contributed by atoms with Crippen LogP contribution < -0.4 is 10.9 Å². The standard InChI is InChI=1S/C19H16N4O4/c1-13-4-2-3-5-16(13)17-10-11-19(25)22(21-17)12-18(24)20-14-6-8-15(9-7-14)23(26)27/h2-11H,12H2,1H3,(H,20,24). The van der Waals surface area contributed by atoms with Crippen LogP contribution in [0.25, 0.3) is 11.3 Å². The number of nitro groups is 1. The summed E-state index contributed by atoms with van der Waals surface area (Å²) in [6, 6.07) is 16.0. The van der Waals surface area contributed by atoms with Crippen molar-refractivity contribution in [2.45, 2.75) is 13.5 Å². The summed E-state index contributed by atoms with van der Waals surface area (Å²) in [5, 5.41) is 17.5. The van der Waals surface area contributed by atoms with Crippen molar-refractivity contribution in [3.05, 3.63) is 86.7 Å². The van der Waals surface area contributed by atoms with Crippen LogP contribution in [0.2, 0.25) is 0 Å². The van der Waals surface area contributed by atoms with Crippen LogP contribution in [0, 0.1) is 17.0 Å². The van der Waals surface area contributed by atoms with Crippen molar-refractivity contribution in [2.24, 2.45) is 0 Å². The number of nitro benzene ring substituents is 1. The molecule has 1 aromatic heterocycles. The van der Waals surface area contributed by atoms with Gasteiger partial charge in [-0.25, -0.2) is 4.68 Å². The number of carbonyl (C=O) groups excluding carboxylic acids is 1. The largest absolute Gasteiger partial charge is 0.324 e. The Hall–Kier alpha value is -3.81. The molecule has 27 heavy (non-hydrogen) atoms. The molecule has 2 aromatic carbocycles. The van der Waals surface area contributed by atoms with Gasteiger partial charge in [0.15, 0.2) is 0 Å². The van der Waals surface area contributed by atoms with Gasteiger partial charge in [0.1, 0.15) is 6.54 Å². The molecule has 0 atom stereocenters. The lowest BCUT2D eigenvalue weighted by Crippen LogP contribution is -2.29. The fourth-order valence-electron chi connectivity index (χ4n) is 2.57. The predicted molar refractivity (Wildman–Crippen MR) is 100 cm³/mol. The maximum atomic E-state index is 12.2. The van der Waals surface area contributed by atoms with E-state index in [0.29, 0.717) is 11.4 Å². The lowest BCUT2D eigenvalue weighted by Gasteiger charge is -2.09. The van der Waals surface area contributed by atoms with E-state index in [9.17, 15) is 19.7 Å². The van der Waals surface area contributed by atoms with Gasteiger partial charge in [-0.15, -0.1) is 0 Å². The van der Waals surface area contributed by atoms with E-state index >= 15 is 0 Å². The molecule has 0 unspecified atom stereocenters. The number of hydrogen-bond donors (Lipinski definition) is 1. The van der Waals surface area contributed by atoms with Crippen LogP contribution in [0.5, 0.6) is 0 Å². The Kier molecular flexibility index (Phi) is 5.07. The molecule has 8 heteroatoms. The van der Waals surface area contributed by atoms with Crippen LogP contribution in [0.3, 0.4) is 0 Å². The van der Waals surface area contributed by atoms with Crippen molar-refractivity contribution in [1.29, 1.82) is 0 Å². The molecule has 1 N–H and O–H groups in total. The first-order valence-corrected chi connectivity index (χ1v) is 8.12. The first kappa shape index (κ1) is 18.0. The average Bonchev–Trinajstić information content (AvgIpc) is 2.64. The lowest BCUT2D eigenvalue weighted by atomic mass is 10.1. The van der Waals surface area contributed by atoms with Crippen LogP contribution in [0.1, 0.15) is 5.56 Å². The van der Waals surface area contributed by atoms with Gasteiger partial charge in [-0.3, -0.25) is 19.7 Å². The van der Waals surface area contributed by atoms with Crippen LogP contribution >= 0.6 is 0 Å². The van der Waals surface area contributed by atoms with Crippen molar-refractivity contribution in [1.82, 2.24) is 9.78 Å². The molecule has 0 aliphatic carbocycles. The summed E-state index contributed by atoms with van der Waals surface area (Å²) in [7, 11) is 0. The first-order valence-electron chi connectivity index (χ1n) is 8.12. The van der Waals surface area contributed by atoms with Gasteiger partial charge < -0.3 is 5.32 Å². The Bertz CT molecular complexity index is 1060. The van der Waals surface area contributed by atoms with Crippen molar-refractivity contribution in [3.8, 4) is 11.3 Å². The van der Waals surface area contributed by atoms with Gasteiger partial charge in [-0.1, -0.05) is 24.3 Å². The molecule has 0 saturated carbocycles. The third kappa shape index (κ3) is 4.24. The Morgan fingerprint density at radius 2 is 1.81 bits per heavy atom. The second kappa shape index (κ2) is 7.61. The van der Waals surface area contributed by atoms with Crippen LogP contribution in [0.4, 0.5) is 11.4 Å².